The van der Waals surface area contributed by atoms with Gasteiger partial charge in [-0.25, -0.2) is 4.68 Å². The maximum Gasteiger partial charge on any atom is 0.333 e. The number of hydrogen-bond acceptors (Lipinski definition) is 5. The number of nitrogens with zero attached hydrogens (tertiary/aromatic N) is 4. The Morgan fingerprint density at radius 3 is 2.73 bits per heavy atom. The van der Waals surface area contributed by atoms with Crippen LogP contribution in [-0.2, 0) is 7.05 Å². The summed E-state index contributed by atoms with van der Waals surface area (Å²) in [5.41, 5.74) is 5.88. The fourth-order valence-electron chi connectivity index (χ4n) is 1.58. The van der Waals surface area contributed by atoms with Gasteiger partial charge in [-0.2, -0.15) is 5.10 Å². The van der Waals surface area contributed by atoms with Gasteiger partial charge >= 0.3 is 5.69 Å². The van der Waals surface area contributed by atoms with Crippen molar-refractivity contribution in [2.45, 2.75) is 6.92 Å². The summed E-state index contributed by atoms with van der Waals surface area (Å²) in [7, 11) is 3.44. The number of rotatable bonds is 4. The maximum absolute atomic E-state index is 10.9. The summed E-state index contributed by atoms with van der Waals surface area (Å²) in [6.07, 6.45) is 0. The number of anilines is 1. The molecule has 0 spiro atoms. The molecule has 0 saturated heterocycles. The third-order valence-corrected chi connectivity index (χ3v) is 2.17. The molecule has 0 aliphatic rings. The zero-order valence-corrected chi connectivity index (χ0v) is 9.10. The Labute approximate surface area is 87.6 Å². The van der Waals surface area contributed by atoms with E-state index < -0.39 is 4.92 Å². The minimum absolute atomic E-state index is 0.0495. The van der Waals surface area contributed by atoms with Crippen LogP contribution in [0.25, 0.3) is 0 Å². The van der Waals surface area contributed by atoms with Crippen LogP contribution in [-0.4, -0.2) is 34.8 Å². The second kappa shape index (κ2) is 4.26. The van der Waals surface area contributed by atoms with Gasteiger partial charge in [-0.15, -0.1) is 0 Å². The first-order valence-electron chi connectivity index (χ1n) is 4.58. The first kappa shape index (κ1) is 11.4. The highest BCUT2D eigenvalue weighted by Crippen LogP contribution is 2.29. The van der Waals surface area contributed by atoms with E-state index >= 15 is 0 Å². The lowest BCUT2D eigenvalue weighted by Crippen LogP contribution is -2.27. The van der Waals surface area contributed by atoms with E-state index in [0.717, 1.165) is 0 Å². The molecule has 15 heavy (non-hydrogen) atoms. The minimum Gasteiger partial charge on any atom is -0.353 e. The molecule has 1 heterocycles. The Morgan fingerprint density at radius 2 is 2.27 bits per heavy atom. The molecule has 84 valence electrons. The molecular formula is C8H15N5O2. The smallest absolute Gasteiger partial charge is 0.333 e. The van der Waals surface area contributed by atoms with Crippen LogP contribution in [0.2, 0.25) is 0 Å². The molecule has 0 unspecified atom stereocenters. The SMILES string of the molecule is Cc1nn(C)c(N(C)CCN)c1[N+](=O)[O-]. The van der Waals surface area contributed by atoms with E-state index in [4.69, 9.17) is 5.73 Å². The summed E-state index contributed by atoms with van der Waals surface area (Å²) >= 11 is 0. The van der Waals surface area contributed by atoms with Gasteiger partial charge in [0.05, 0.1) is 4.92 Å². The number of aryl methyl sites for hydroxylation is 2. The second-order valence-corrected chi connectivity index (χ2v) is 3.35. The molecule has 7 heteroatoms. The van der Waals surface area contributed by atoms with Gasteiger partial charge in [0.15, 0.2) is 0 Å². The number of nitrogens with two attached hydrogens (primary N) is 1. The zero-order valence-electron chi connectivity index (χ0n) is 9.10. The summed E-state index contributed by atoms with van der Waals surface area (Å²) in [5, 5.41) is 14.9. The molecule has 0 atom stereocenters. The lowest BCUT2D eigenvalue weighted by Gasteiger charge is -2.16. The largest absolute Gasteiger partial charge is 0.353 e. The average Bonchev–Trinajstić information content (AvgIpc) is 2.41. The van der Waals surface area contributed by atoms with Crippen molar-refractivity contribution >= 4 is 11.5 Å². The first-order chi connectivity index (χ1) is 6.99. The summed E-state index contributed by atoms with van der Waals surface area (Å²) in [4.78, 5) is 12.2. The van der Waals surface area contributed by atoms with E-state index in [1.165, 1.54) is 4.68 Å². The number of nitro groups is 1. The predicted octanol–water partition coefficient (Wildman–Crippen LogP) is 0.0316. The molecule has 0 aliphatic heterocycles. The van der Waals surface area contributed by atoms with Crippen molar-refractivity contribution in [1.82, 2.24) is 9.78 Å². The van der Waals surface area contributed by atoms with E-state index in [1.807, 2.05) is 0 Å². The van der Waals surface area contributed by atoms with Gasteiger partial charge in [-0.1, -0.05) is 0 Å². The Kier molecular flexibility index (Phi) is 3.25. The normalized spacial score (nSPS) is 10.4. The van der Waals surface area contributed by atoms with Crippen molar-refractivity contribution in [3.63, 3.8) is 0 Å². The Bertz CT molecular complexity index is 373. The molecule has 1 rings (SSSR count). The monoisotopic (exact) mass is 213 g/mol. The Morgan fingerprint density at radius 1 is 1.67 bits per heavy atom. The second-order valence-electron chi connectivity index (χ2n) is 3.35. The van der Waals surface area contributed by atoms with Crippen molar-refractivity contribution in [3.8, 4) is 0 Å². The fraction of sp³-hybridized carbons (Fsp3) is 0.625. The predicted molar refractivity (Wildman–Crippen MR) is 56.9 cm³/mol. The van der Waals surface area contributed by atoms with Crippen molar-refractivity contribution in [2.75, 3.05) is 25.0 Å². The van der Waals surface area contributed by atoms with Gasteiger partial charge in [0.2, 0.25) is 5.82 Å². The molecule has 0 saturated carbocycles. The molecule has 7 nitrogen and oxygen atoms in total. The molecule has 1 aromatic heterocycles. The molecule has 0 aliphatic carbocycles. The van der Waals surface area contributed by atoms with Crippen LogP contribution in [0.4, 0.5) is 11.5 Å². The molecule has 0 radical (unpaired) electrons. The molecule has 2 N–H and O–H groups in total. The van der Waals surface area contributed by atoms with Crippen LogP contribution in [0.1, 0.15) is 5.69 Å². The zero-order chi connectivity index (χ0) is 11.6. The minimum atomic E-state index is -0.412. The third-order valence-electron chi connectivity index (χ3n) is 2.17. The van der Waals surface area contributed by atoms with Crippen LogP contribution in [0.15, 0.2) is 0 Å². The lowest BCUT2D eigenvalue weighted by molar-refractivity contribution is -0.384. The van der Waals surface area contributed by atoms with Crippen LogP contribution in [0.3, 0.4) is 0 Å². The van der Waals surface area contributed by atoms with Crippen molar-refractivity contribution < 1.29 is 4.92 Å². The van der Waals surface area contributed by atoms with Crippen molar-refractivity contribution in [1.29, 1.82) is 0 Å². The standard InChI is InChI=1S/C8H15N5O2/c1-6-7(13(14)15)8(12(3)10-6)11(2)5-4-9/h4-5,9H2,1-3H3. The number of aromatic nitrogens is 2. The van der Waals surface area contributed by atoms with Crippen molar-refractivity contribution in [2.24, 2.45) is 12.8 Å². The van der Waals surface area contributed by atoms with Gasteiger partial charge in [0.25, 0.3) is 0 Å². The maximum atomic E-state index is 10.9. The first-order valence-corrected chi connectivity index (χ1v) is 4.58. The molecule has 0 fully saturated rings. The fourth-order valence-corrected chi connectivity index (χ4v) is 1.58. The van der Waals surface area contributed by atoms with Gasteiger partial charge in [-0.3, -0.25) is 10.1 Å². The summed E-state index contributed by atoms with van der Waals surface area (Å²) in [6, 6.07) is 0. The third kappa shape index (κ3) is 2.07. The van der Waals surface area contributed by atoms with Gasteiger partial charge < -0.3 is 10.6 Å². The van der Waals surface area contributed by atoms with Gasteiger partial charge in [0, 0.05) is 27.2 Å². The van der Waals surface area contributed by atoms with E-state index in [1.54, 1.807) is 25.9 Å². The molecular weight excluding hydrogens is 198 g/mol. The summed E-state index contributed by atoms with van der Waals surface area (Å²) in [6.45, 7) is 2.62. The Hall–Kier alpha value is -1.63. The summed E-state index contributed by atoms with van der Waals surface area (Å²) in [5.74, 6) is 0.489. The van der Waals surface area contributed by atoms with Crippen LogP contribution >= 0.6 is 0 Å². The van der Waals surface area contributed by atoms with E-state index in [2.05, 4.69) is 5.10 Å². The number of likely N-dealkylation sites (N-methyl/N-ethyl adjacent to an activating group) is 1. The van der Waals surface area contributed by atoms with E-state index in [-0.39, 0.29) is 5.69 Å². The molecule has 0 bridgehead atoms. The quantitative estimate of drug-likeness (QED) is 0.563. The van der Waals surface area contributed by atoms with E-state index in [0.29, 0.717) is 24.6 Å². The number of hydrogen-bond donors (Lipinski definition) is 1. The molecule has 0 amide bonds. The highest BCUT2D eigenvalue weighted by molar-refractivity contribution is 5.60. The summed E-state index contributed by atoms with van der Waals surface area (Å²) < 4.78 is 1.50. The average molecular weight is 213 g/mol. The topological polar surface area (TPSA) is 90.2 Å². The van der Waals surface area contributed by atoms with Crippen LogP contribution in [0.5, 0.6) is 0 Å². The highest BCUT2D eigenvalue weighted by Gasteiger charge is 2.26. The Balaban J connectivity index is 3.20. The van der Waals surface area contributed by atoms with E-state index in [9.17, 15) is 10.1 Å². The highest BCUT2D eigenvalue weighted by atomic mass is 16.6. The van der Waals surface area contributed by atoms with Gasteiger partial charge in [-0.05, 0) is 6.92 Å². The van der Waals surface area contributed by atoms with Crippen LogP contribution in [0, 0.1) is 17.0 Å². The molecule has 1 aromatic rings. The lowest BCUT2D eigenvalue weighted by atomic mass is 10.3. The molecule has 0 aromatic carbocycles. The van der Waals surface area contributed by atoms with Gasteiger partial charge in [0.1, 0.15) is 5.69 Å². The van der Waals surface area contributed by atoms with Crippen molar-refractivity contribution in [3.05, 3.63) is 15.8 Å². The van der Waals surface area contributed by atoms with Crippen LogP contribution < -0.4 is 10.6 Å².